The second kappa shape index (κ2) is 7.03. The molecule has 3 aromatic rings. The molecule has 1 amide bonds. The van der Waals surface area contributed by atoms with Gasteiger partial charge in [0.05, 0.1) is 0 Å². The summed E-state index contributed by atoms with van der Waals surface area (Å²) in [7, 11) is 0. The number of pyridine rings is 1. The van der Waals surface area contributed by atoms with E-state index in [2.05, 4.69) is 43.5 Å². The fourth-order valence-corrected chi connectivity index (χ4v) is 3.76. The van der Waals surface area contributed by atoms with Crippen LogP contribution in [0.3, 0.4) is 0 Å². The van der Waals surface area contributed by atoms with Crippen molar-refractivity contribution in [1.29, 1.82) is 0 Å². The van der Waals surface area contributed by atoms with Gasteiger partial charge in [-0.3, -0.25) is 9.78 Å². The summed E-state index contributed by atoms with van der Waals surface area (Å²) >= 11 is 3.53. The lowest BCUT2D eigenvalue weighted by molar-refractivity contribution is 0.0919. The number of nitrogens with zero attached hydrogens (tertiary/aromatic N) is 2. The second-order valence-corrected chi connectivity index (χ2v) is 7.56. The third-order valence-corrected chi connectivity index (χ3v) is 5.52. The highest BCUT2D eigenvalue weighted by Gasteiger charge is 2.39. The molecule has 0 spiro atoms. The van der Waals surface area contributed by atoms with Crippen LogP contribution in [-0.4, -0.2) is 22.6 Å². The molecule has 0 saturated heterocycles. The highest BCUT2D eigenvalue weighted by atomic mass is 79.9. The van der Waals surface area contributed by atoms with Gasteiger partial charge in [-0.25, -0.2) is 0 Å². The van der Waals surface area contributed by atoms with Gasteiger partial charge >= 0.3 is 0 Å². The van der Waals surface area contributed by atoms with Crippen LogP contribution in [0.1, 0.15) is 35.3 Å². The molecule has 2 aromatic heterocycles. The van der Waals surface area contributed by atoms with Crippen molar-refractivity contribution in [3.05, 3.63) is 70.6 Å². The first-order valence-electron chi connectivity index (χ1n) is 8.58. The Morgan fingerprint density at radius 1 is 1.23 bits per heavy atom. The van der Waals surface area contributed by atoms with Gasteiger partial charge in [-0.15, -0.1) is 0 Å². The van der Waals surface area contributed by atoms with Crippen LogP contribution >= 0.6 is 15.9 Å². The minimum atomic E-state index is -0.217. The highest BCUT2D eigenvalue weighted by Crippen LogP contribution is 2.43. The van der Waals surface area contributed by atoms with Gasteiger partial charge in [0.2, 0.25) is 0 Å². The number of benzene rings is 1. The fourth-order valence-electron chi connectivity index (χ4n) is 3.36. The van der Waals surface area contributed by atoms with Gasteiger partial charge in [0.1, 0.15) is 0 Å². The van der Waals surface area contributed by atoms with E-state index in [0.717, 1.165) is 22.9 Å². The molecule has 0 atom stereocenters. The van der Waals surface area contributed by atoms with Crippen molar-refractivity contribution in [2.45, 2.75) is 24.7 Å². The Morgan fingerprint density at radius 2 is 2.12 bits per heavy atom. The molecule has 1 saturated carbocycles. The van der Waals surface area contributed by atoms with Crippen LogP contribution in [-0.2, 0) is 5.41 Å². The molecule has 1 aliphatic carbocycles. The third-order valence-electron chi connectivity index (χ3n) is 5.02. The summed E-state index contributed by atoms with van der Waals surface area (Å²) in [6.07, 6.45) is 6.69. The smallest absolute Gasteiger partial charge is 0.273 e. The lowest BCUT2D eigenvalue weighted by atomic mass is 9.64. The molecule has 2 heterocycles. The molecule has 1 N–H and O–H groups in total. The van der Waals surface area contributed by atoms with Crippen molar-refractivity contribution in [2.24, 2.45) is 0 Å². The summed E-state index contributed by atoms with van der Waals surface area (Å²) in [5.41, 5.74) is 2.35. The lowest BCUT2D eigenvalue weighted by Crippen LogP contribution is -2.45. The summed E-state index contributed by atoms with van der Waals surface area (Å²) in [5, 5.41) is 6.93. The van der Waals surface area contributed by atoms with Gasteiger partial charge in [-0.2, -0.15) is 0 Å². The molecule has 6 heteroatoms. The van der Waals surface area contributed by atoms with Crippen molar-refractivity contribution >= 4 is 21.8 Å². The first kappa shape index (κ1) is 17.0. The summed E-state index contributed by atoms with van der Waals surface area (Å²) in [6, 6.07) is 13.7. The Labute approximate surface area is 159 Å². The van der Waals surface area contributed by atoms with Gasteiger partial charge in [-0.05, 0) is 42.7 Å². The zero-order chi connectivity index (χ0) is 18.0. The molecule has 1 aromatic carbocycles. The number of carbonyl (C=O) groups excluding carboxylic acids is 1. The van der Waals surface area contributed by atoms with Crippen molar-refractivity contribution in [3.8, 4) is 11.3 Å². The molecular formula is C20H18BrN3O2. The average molecular weight is 412 g/mol. The van der Waals surface area contributed by atoms with Gasteiger partial charge in [0, 0.05) is 40.5 Å². The normalized spacial score (nSPS) is 15.3. The van der Waals surface area contributed by atoms with E-state index in [9.17, 15) is 4.79 Å². The van der Waals surface area contributed by atoms with Gasteiger partial charge < -0.3 is 9.84 Å². The van der Waals surface area contributed by atoms with Crippen molar-refractivity contribution in [3.63, 3.8) is 0 Å². The van der Waals surface area contributed by atoms with E-state index in [1.807, 2.05) is 24.3 Å². The maximum atomic E-state index is 12.5. The zero-order valence-corrected chi connectivity index (χ0v) is 15.7. The van der Waals surface area contributed by atoms with E-state index in [1.54, 1.807) is 18.5 Å². The first-order chi connectivity index (χ1) is 12.7. The van der Waals surface area contributed by atoms with E-state index < -0.39 is 0 Å². The molecule has 0 unspecified atom stereocenters. The van der Waals surface area contributed by atoms with Crippen LogP contribution in [0, 0.1) is 0 Å². The fraction of sp³-hybridized carbons (Fsp3) is 0.250. The Balaban J connectivity index is 1.46. The Hall–Kier alpha value is -2.47. The molecule has 0 aliphatic heterocycles. The number of aromatic nitrogens is 2. The number of amides is 1. The van der Waals surface area contributed by atoms with Gasteiger partial charge in [0.15, 0.2) is 11.5 Å². The second-order valence-electron chi connectivity index (χ2n) is 6.65. The standard InChI is InChI=1S/C20H18BrN3O2/c21-16-6-1-5-15(10-16)20(7-3-8-20)13-23-19(25)17-11-18(26-24-17)14-4-2-9-22-12-14/h1-2,4-6,9-12H,3,7-8,13H2,(H,23,25). The summed E-state index contributed by atoms with van der Waals surface area (Å²) in [4.78, 5) is 16.6. The van der Waals surface area contributed by atoms with Crippen molar-refractivity contribution < 1.29 is 9.32 Å². The first-order valence-corrected chi connectivity index (χ1v) is 9.37. The monoisotopic (exact) mass is 411 g/mol. The molecule has 5 nitrogen and oxygen atoms in total. The van der Waals surface area contributed by atoms with Crippen LogP contribution in [0.5, 0.6) is 0 Å². The summed E-state index contributed by atoms with van der Waals surface area (Å²) in [6.45, 7) is 0.595. The molecule has 0 bridgehead atoms. The molecule has 132 valence electrons. The quantitative estimate of drug-likeness (QED) is 0.677. The van der Waals surface area contributed by atoms with Crippen LogP contribution in [0.15, 0.2) is 63.9 Å². The van der Waals surface area contributed by atoms with Crippen molar-refractivity contribution in [2.75, 3.05) is 6.54 Å². The van der Waals surface area contributed by atoms with E-state index in [0.29, 0.717) is 12.3 Å². The van der Waals surface area contributed by atoms with Crippen LogP contribution < -0.4 is 5.32 Å². The maximum absolute atomic E-state index is 12.5. The predicted octanol–water partition coefficient (Wildman–Crippen LogP) is 4.35. The maximum Gasteiger partial charge on any atom is 0.273 e. The topological polar surface area (TPSA) is 68.0 Å². The number of rotatable bonds is 5. The Kier molecular flexibility index (Phi) is 4.59. The summed E-state index contributed by atoms with van der Waals surface area (Å²) < 4.78 is 6.35. The number of nitrogens with one attached hydrogen (secondary N) is 1. The van der Waals surface area contributed by atoms with Gasteiger partial charge in [-0.1, -0.05) is 39.6 Å². The SMILES string of the molecule is O=C(NCC1(c2cccc(Br)c2)CCC1)c1cc(-c2cccnc2)on1. The van der Waals surface area contributed by atoms with Crippen LogP contribution in [0.4, 0.5) is 0 Å². The average Bonchev–Trinajstić information content (AvgIpc) is 3.12. The number of carbonyl (C=O) groups is 1. The van der Waals surface area contributed by atoms with E-state index in [-0.39, 0.29) is 17.0 Å². The van der Waals surface area contributed by atoms with E-state index in [1.165, 1.54) is 12.0 Å². The minimum Gasteiger partial charge on any atom is -0.355 e. The third kappa shape index (κ3) is 3.29. The number of hydrogen-bond acceptors (Lipinski definition) is 4. The highest BCUT2D eigenvalue weighted by molar-refractivity contribution is 9.10. The molecular weight excluding hydrogens is 394 g/mol. The molecule has 1 aliphatic rings. The Morgan fingerprint density at radius 3 is 2.81 bits per heavy atom. The molecule has 1 fully saturated rings. The Bertz CT molecular complexity index is 920. The van der Waals surface area contributed by atoms with Crippen LogP contribution in [0.2, 0.25) is 0 Å². The molecule has 26 heavy (non-hydrogen) atoms. The van der Waals surface area contributed by atoms with Crippen LogP contribution in [0.25, 0.3) is 11.3 Å². The number of halogens is 1. The molecule has 4 rings (SSSR count). The van der Waals surface area contributed by atoms with Gasteiger partial charge in [0.25, 0.3) is 5.91 Å². The van der Waals surface area contributed by atoms with Crippen molar-refractivity contribution in [1.82, 2.24) is 15.5 Å². The van der Waals surface area contributed by atoms with E-state index >= 15 is 0 Å². The summed E-state index contributed by atoms with van der Waals surface area (Å²) in [5.74, 6) is 0.318. The zero-order valence-electron chi connectivity index (χ0n) is 14.1. The largest absolute Gasteiger partial charge is 0.355 e. The number of hydrogen-bond donors (Lipinski definition) is 1. The minimum absolute atomic E-state index is 0.00928. The van der Waals surface area contributed by atoms with E-state index in [4.69, 9.17) is 4.52 Å². The lowest BCUT2D eigenvalue weighted by Gasteiger charge is -2.42. The molecule has 0 radical (unpaired) electrons. The predicted molar refractivity (Wildman–Crippen MR) is 102 cm³/mol.